The van der Waals surface area contributed by atoms with Crippen LogP contribution < -0.4 is 0 Å². The van der Waals surface area contributed by atoms with E-state index in [4.69, 9.17) is 11.6 Å². The predicted octanol–water partition coefficient (Wildman–Crippen LogP) is 4.85. The van der Waals surface area contributed by atoms with Gasteiger partial charge in [-0.25, -0.2) is 9.97 Å². The van der Waals surface area contributed by atoms with Gasteiger partial charge in [0.1, 0.15) is 11.3 Å². The fraction of sp³-hybridized carbons (Fsp3) is 0.250. The summed E-state index contributed by atoms with van der Waals surface area (Å²) in [7, 11) is 0. The fourth-order valence-electron chi connectivity index (χ4n) is 2.46. The number of nitrogens with zero attached hydrogens (tertiary/aromatic N) is 3. The zero-order valence-corrected chi connectivity index (χ0v) is 14.2. The number of hydrogen-bond acceptors (Lipinski definition) is 2. The van der Waals surface area contributed by atoms with E-state index < -0.39 is 0 Å². The second-order valence-corrected chi connectivity index (χ2v) is 6.73. The van der Waals surface area contributed by atoms with Crippen LogP contribution in [-0.4, -0.2) is 14.5 Å². The van der Waals surface area contributed by atoms with Gasteiger partial charge in [-0.2, -0.15) is 0 Å². The first-order valence-electron chi connectivity index (χ1n) is 6.76. The van der Waals surface area contributed by atoms with E-state index in [-0.39, 0.29) is 5.38 Å². The molecule has 5 heteroatoms. The van der Waals surface area contributed by atoms with E-state index in [1.54, 1.807) is 6.20 Å². The molecule has 0 radical (unpaired) electrons. The van der Waals surface area contributed by atoms with Crippen LogP contribution in [-0.2, 0) is 6.54 Å². The molecule has 0 N–H and O–H groups in total. The van der Waals surface area contributed by atoms with Gasteiger partial charge in [-0.05, 0) is 41.4 Å². The molecule has 1 unspecified atom stereocenters. The predicted molar refractivity (Wildman–Crippen MR) is 89.8 cm³/mol. The van der Waals surface area contributed by atoms with Crippen LogP contribution in [0.1, 0.15) is 29.3 Å². The van der Waals surface area contributed by atoms with E-state index in [0.717, 1.165) is 28.0 Å². The summed E-state index contributed by atoms with van der Waals surface area (Å²) in [5.74, 6) is 0.846. The Bertz CT molecular complexity index is 795. The molecule has 3 nitrogen and oxygen atoms in total. The van der Waals surface area contributed by atoms with Crippen molar-refractivity contribution in [3.63, 3.8) is 0 Å². The molecule has 21 heavy (non-hydrogen) atoms. The van der Waals surface area contributed by atoms with Crippen LogP contribution in [0.5, 0.6) is 0 Å². The summed E-state index contributed by atoms with van der Waals surface area (Å²) in [5, 5.41) is -0.164. The van der Waals surface area contributed by atoms with Gasteiger partial charge in [-0.1, -0.05) is 29.8 Å². The van der Waals surface area contributed by atoms with E-state index >= 15 is 0 Å². The Labute approximate surface area is 137 Å². The average Bonchev–Trinajstić information content (AvgIpc) is 2.77. The summed E-state index contributed by atoms with van der Waals surface area (Å²) in [6.45, 7) is 4.75. The van der Waals surface area contributed by atoms with Gasteiger partial charge < -0.3 is 4.57 Å². The third-order valence-corrected chi connectivity index (χ3v) is 3.99. The molecule has 0 saturated carbocycles. The average molecular weight is 365 g/mol. The minimum Gasteiger partial charge on any atom is -0.307 e. The molecule has 0 aliphatic carbocycles. The largest absolute Gasteiger partial charge is 0.307 e. The molecule has 108 valence electrons. The number of alkyl halides is 1. The normalized spacial score (nSPS) is 12.8. The van der Waals surface area contributed by atoms with Gasteiger partial charge >= 0.3 is 0 Å². The number of hydrogen-bond donors (Lipinski definition) is 0. The maximum atomic E-state index is 6.29. The minimum absolute atomic E-state index is 0.164. The summed E-state index contributed by atoms with van der Waals surface area (Å²) in [6.07, 6.45) is 1.79. The standard InChI is InChI=1S/C16H15BrClN3/c1-10-4-3-5-12(6-10)9-21-15(11(2)18)20-14-7-13(17)8-19-16(14)21/h3-8,11H,9H2,1-2H3. The van der Waals surface area contributed by atoms with Crippen molar-refractivity contribution in [2.24, 2.45) is 0 Å². The van der Waals surface area contributed by atoms with Gasteiger partial charge in [0.25, 0.3) is 0 Å². The quantitative estimate of drug-likeness (QED) is 0.622. The Morgan fingerprint density at radius 1 is 1.33 bits per heavy atom. The number of pyridine rings is 1. The number of halogens is 2. The molecule has 0 amide bonds. The van der Waals surface area contributed by atoms with Crippen molar-refractivity contribution in [1.29, 1.82) is 0 Å². The van der Waals surface area contributed by atoms with Crippen molar-refractivity contribution in [1.82, 2.24) is 14.5 Å². The zero-order valence-electron chi connectivity index (χ0n) is 11.8. The van der Waals surface area contributed by atoms with Crippen LogP contribution in [0.2, 0.25) is 0 Å². The fourth-order valence-corrected chi connectivity index (χ4v) is 2.94. The highest BCUT2D eigenvalue weighted by Gasteiger charge is 2.16. The molecule has 1 aromatic carbocycles. The van der Waals surface area contributed by atoms with E-state index in [2.05, 4.69) is 61.7 Å². The molecule has 0 spiro atoms. The second kappa shape index (κ2) is 5.78. The molecule has 2 heterocycles. The van der Waals surface area contributed by atoms with Crippen LogP contribution in [0.3, 0.4) is 0 Å². The molecule has 2 aromatic heterocycles. The topological polar surface area (TPSA) is 30.7 Å². The number of aromatic nitrogens is 3. The lowest BCUT2D eigenvalue weighted by Crippen LogP contribution is -2.06. The van der Waals surface area contributed by atoms with Gasteiger partial charge in [0.15, 0.2) is 5.65 Å². The number of aryl methyl sites for hydroxylation is 1. The highest BCUT2D eigenvalue weighted by atomic mass is 79.9. The number of rotatable bonds is 3. The lowest BCUT2D eigenvalue weighted by molar-refractivity contribution is 0.736. The first kappa shape index (κ1) is 14.5. The minimum atomic E-state index is -0.164. The lowest BCUT2D eigenvalue weighted by atomic mass is 10.1. The summed E-state index contributed by atoms with van der Waals surface area (Å²) >= 11 is 9.73. The maximum Gasteiger partial charge on any atom is 0.160 e. The smallest absolute Gasteiger partial charge is 0.160 e. The monoisotopic (exact) mass is 363 g/mol. The van der Waals surface area contributed by atoms with E-state index in [0.29, 0.717) is 0 Å². The first-order valence-corrected chi connectivity index (χ1v) is 7.99. The van der Waals surface area contributed by atoms with Crippen LogP contribution in [0.25, 0.3) is 11.2 Å². The van der Waals surface area contributed by atoms with E-state index in [1.807, 2.05) is 13.0 Å². The Balaban J connectivity index is 2.13. The Kier molecular flexibility index (Phi) is 4.00. The van der Waals surface area contributed by atoms with Crippen molar-refractivity contribution in [2.75, 3.05) is 0 Å². The maximum absolute atomic E-state index is 6.29. The number of imidazole rings is 1. The highest BCUT2D eigenvalue weighted by Crippen LogP contribution is 2.26. The van der Waals surface area contributed by atoms with Crippen molar-refractivity contribution >= 4 is 38.7 Å². The molecular formula is C16H15BrClN3. The van der Waals surface area contributed by atoms with Gasteiger partial charge in [0, 0.05) is 10.7 Å². The Hall–Kier alpha value is -1.39. The van der Waals surface area contributed by atoms with Crippen molar-refractivity contribution in [3.05, 3.63) is 58.0 Å². The van der Waals surface area contributed by atoms with Gasteiger partial charge in [-0.15, -0.1) is 11.6 Å². The number of fused-ring (bicyclic) bond motifs is 1. The van der Waals surface area contributed by atoms with Gasteiger partial charge in [-0.3, -0.25) is 0 Å². The molecule has 0 bridgehead atoms. The Morgan fingerprint density at radius 2 is 2.14 bits per heavy atom. The van der Waals surface area contributed by atoms with Crippen LogP contribution >= 0.6 is 27.5 Å². The first-order chi connectivity index (χ1) is 10.0. The molecule has 0 fully saturated rings. The molecule has 0 aliphatic rings. The van der Waals surface area contributed by atoms with Crippen LogP contribution in [0.4, 0.5) is 0 Å². The van der Waals surface area contributed by atoms with E-state index in [1.165, 1.54) is 11.1 Å². The summed E-state index contributed by atoms with van der Waals surface area (Å²) in [4.78, 5) is 9.13. The molecule has 1 atom stereocenters. The SMILES string of the molecule is Cc1cccc(Cn2c(C(C)Cl)nc3cc(Br)cnc32)c1. The molecule has 3 aromatic rings. The second-order valence-electron chi connectivity index (χ2n) is 5.16. The van der Waals surface area contributed by atoms with Gasteiger partial charge in [0.2, 0.25) is 0 Å². The molecule has 0 saturated heterocycles. The number of benzene rings is 1. The molecule has 0 aliphatic heterocycles. The van der Waals surface area contributed by atoms with Crippen LogP contribution in [0.15, 0.2) is 41.0 Å². The summed E-state index contributed by atoms with van der Waals surface area (Å²) in [5.41, 5.74) is 4.19. The Morgan fingerprint density at radius 3 is 2.86 bits per heavy atom. The van der Waals surface area contributed by atoms with Crippen molar-refractivity contribution < 1.29 is 0 Å². The zero-order chi connectivity index (χ0) is 15.0. The highest BCUT2D eigenvalue weighted by molar-refractivity contribution is 9.10. The lowest BCUT2D eigenvalue weighted by Gasteiger charge is -2.10. The molecular weight excluding hydrogens is 350 g/mol. The van der Waals surface area contributed by atoms with Crippen molar-refractivity contribution in [3.8, 4) is 0 Å². The van der Waals surface area contributed by atoms with Crippen molar-refractivity contribution in [2.45, 2.75) is 25.8 Å². The summed E-state index contributed by atoms with van der Waals surface area (Å²) in [6, 6.07) is 10.4. The molecule has 3 rings (SSSR count). The third-order valence-electron chi connectivity index (χ3n) is 3.36. The van der Waals surface area contributed by atoms with Gasteiger partial charge in [0.05, 0.1) is 11.9 Å². The van der Waals surface area contributed by atoms with E-state index in [9.17, 15) is 0 Å². The third kappa shape index (κ3) is 2.97. The van der Waals surface area contributed by atoms with Crippen LogP contribution in [0, 0.1) is 6.92 Å². The summed E-state index contributed by atoms with van der Waals surface area (Å²) < 4.78 is 3.01.